The van der Waals surface area contributed by atoms with Crippen LogP contribution in [0.5, 0.6) is 0 Å². The summed E-state index contributed by atoms with van der Waals surface area (Å²) >= 11 is 0. The van der Waals surface area contributed by atoms with E-state index in [1.54, 1.807) is 6.20 Å². The van der Waals surface area contributed by atoms with Crippen molar-refractivity contribution in [1.82, 2.24) is 4.90 Å². The normalized spacial score (nSPS) is 14.9. The van der Waals surface area contributed by atoms with Crippen molar-refractivity contribution in [3.63, 3.8) is 0 Å². The molecule has 1 heterocycles. The fourth-order valence-electron chi connectivity index (χ4n) is 3.45. The number of carbonyl (C=O) groups is 2. The molecule has 2 N–H and O–H groups in total. The Balaban J connectivity index is 1.55. The molecular weight excluding hydrogens is 366 g/mol. The molecule has 0 aliphatic carbocycles. The first-order valence-electron chi connectivity index (χ1n) is 9.60. The molecule has 1 aliphatic rings. The summed E-state index contributed by atoms with van der Waals surface area (Å²) in [7, 11) is 0. The zero-order valence-electron chi connectivity index (χ0n) is 16.0. The number of nitrogens with one attached hydrogen (secondary N) is 1. The van der Waals surface area contributed by atoms with Gasteiger partial charge in [-0.3, -0.25) is 4.79 Å². The second kappa shape index (κ2) is 9.56. The largest absolute Gasteiger partial charge is 0.478 e. The van der Waals surface area contributed by atoms with E-state index in [0.717, 1.165) is 32.4 Å². The van der Waals surface area contributed by atoms with Gasteiger partial charge in [0.1, 0.15) is 11.6 Å². The van der Waals surface area contributed by atoms with Gasteiger partial charge in [-0.15, -0.1) is 0 Å². The van der Waals surface area contributed by atoms with E-state index < -0.39 is 11.9 Å². The number of carbonyl (C=O) groups excluding carboxylic acids is 1. The van der Waals surface area contributed by atoms with E-state index in [-0.39, 0.29) is 11.1 Å². The number of aromatic carboxylic acids is 1. The molecule has 6 heteroatoms. The van der Waals surface area contributed by atoms with Gasteiger partial charge < -0.3 is 15.3 Å². The molecule has 0 saturated carbocycles. The lowest BCUT2D eigenvalue weighted by atomic mass is 9.90. The van der Waals surface area contributed by atoms with Crippen molar-refractivity contribution in [3.05, 3.63) is 77.5 Å². The first-order chi connectivity index (χ1) is 14.0. The lowest BCUT2D eigenvalue weighted by Crippen LogP contribution is -2.31. The molecule has 0 unspecified atom stereocenters. The van der Waals surface area contributed by atoms with Gasteiger partial charge >= 0.3 is 5.97 Å². The summed E-state index contributed by atoms with van der Waals surface area (Å²) in [6, 6.07) is 18.2. The predicted octanol–water partition coefficient (Wildman–Crippen LogP) is 3.69. The Morgan fingerprint density at radius 2 is 1.76 bits per heavy atom. The topological polar surface area (TPSA) is 93.4 Å². The lowest BCUT2D eigenvalue weighted by Gasteiger charge is -2.31. The number of nitrogens with zero attached hydrogens (tertiary/aromatic N) is 2. The van der Waals surface area contributed by atoms with Crippen LogP contribution in [0.4, 0.5) is 5.69 Å². The fraction of sp³-hybridized carbons (Fsp3) is 0.261. The van der Waals surface area contributed by atoms with Gasteiger partial charge in [-0.25, -0.2) is 4.79 Å². The Bertz CT molecular complexity index is 922. The lowest BCUT2D eigenvalue weighted by molar-refractivity contribution is -0.112. The van der Waals surface area contributed by atoms with Crippen molar-refractivity contribution in [2.24, 2.45) is 5.92 Å². The van der Waals surface area contributed by atoms with E-state index >= 15 is 0 Å². The molecule has 148 valence electrons. The molecule has 1 fully saturated rings. The van der Waals surface area contributed by atoms with Crippen molar-refractivity contribution in [1.29, 1.82) is 5.26 Å². The monoisotopic (exact) mass is 389 g/mol. The van der Waals surface area contributed by atoms with Crippen molar-refractivity contribution < 1.29 is 14.7 Å². The number of anilines is 1. The number of hydrogen-bond acceptors (Lipinski definition) is 4. The van der Waals surface area contributed by atoms with Crippen molar-refractivity contribution in [3.8, 4) is 6.07 Å². The minimum Gasteiger partial charge on any atom is -0.478 e. The number of piperidine rings is 1. The van der Waals surface area contributed by atoms with Crippen LogP contribution in [0.3, 0.4) is 0 Å². The molecule has 1 aliphatic heterocycles. The summed E-state index contributed by atoms with van der Waals surface area (Å²) in [5, 5.41) is 20.9. The molecule has 0 atom stereocenters. The van der Waals surface area contributed by atoms with Gasteiger partial charge in [0.25, 0.3) is 5.91 Å². The van der Waals surface area contributed by atoms with E-state index in [2.05, 4.69) is 29.6 Å². The maximum atomic E-state index is 12.4. The maximum absolute atomic E-state index is 12.4. The Labute approximate surface area is 170 Å². The Hall–Kier alpha value is -3.59. The number of benzene rings is 2. The smallest absolute Gasteiger partial charge is 0.335 e. The number of amides is 1. The summed E-state index contributed by atoms with van der Waals surface area (Å²) < 4.78 is 0. The van der Waals surface area contributed by atoms with Crippen molar-refractivity contribution in [2.45, 2.75) is 19.3 Å². The zero-order chi connectivity index (χ0) is 20.6. The second-order valence-electron chi connectivity index (χ2n) is 7.16. The summed E-state index contributed by atoms with van der Waals surface area (Å²) in [5.74, 6) is -0.924. The van der Waals surface area contributed by atoms with Crippen LogP contribution in [0.2, 0.25) is 0 Å². The minimum atomic E-state index is -1.03. The van der Waals surface area contributed by atoms with Gasteiger partial charge in [-0.2, -0.15) is 5.26 Å². The van der Waals surface area contributed by atoms with Crippen LogP contribution < -0.4 is 5.32 Å². The third kappa shape index (κ3) is 5.69. The minimum absolute atomic E-state index is 0.0359. The third-order valence-corrected chi connectivity index (χ3v) is 5.08. The van der Waals surface area contributed by atoms with Crippen LogP contribution in [0.1, 0.15) is 28.8 Å². The highest BCUT2D eigenvalue weighted by atomic mass is 16.4. The van der Waals surface area contributed by atoms with Gasteiger partial charge in [0.2, 0.25) is 0 Å². The second-order valence-corrected chi connectivity index (χ2v) is 7.16. The predicted molar refractivity (Wildman–Crippen MR) is 110 cm³/mol. The quantitative estimate of drug-likeness (QED) is 0.581. The molecule has 6 nitrogen and oxygen atoms in total. The maximum Gasteiger partial charge on any atom is 0.335 e. The molecule has 29 heavy (non-hydrogen) atoms. The number of carboxylic acids is 1. The van der Waals surface area contributed by atoms with Crippen LogP contribution in [-0.4, -0.2) is 35.0 Å². The van der Waals surface area contributed by atoms with Crippen molar-refractivity contribution >= 4 is 17.6 Å². The summed E-state index contributed by atoms with van der Waals surface area (Å²) in [5.41, 5.74) is 1.96. The standard InChI is InChI=1S/C23H23N3O3/c24-15-20(22(27)25-21-8-6-19(7-9-21)23(28)29)16-26-12-10-18(11-13-26)14-17-4-2-1-3-5-17/h1-9,16,18H,10-14H2,(H,25,27)(H,28,29)/b20-16-. The summed E-state index contributed by atoms with van der Waals surface area (Å²) in [6.07, 6.45) is 4.71. The van der Waals surface area contributed by atoms with Crippen LogP contribution in [0.25, 0.3) is 0 Å². The van der Waals surface area contributed by atoms with Gasteiger partial charge in [0, 0.05) is 25.0 Å². The van der Waals surface area contributed by atoms with E-state index in [1.165, 1.54) is 29.8 Å². The Morgan fingerprint density at radius 1 is 1.10 bits per heavy atom. The fourth-order valence-corrected chi connectivity index (χ4v) is 3.45. The van der Waals surface area contributed by atoms with Crippen LogP contribution in [-0.2, 0) is 11.2 Å². The Morgan fingerprint density at radius 3 is 2.34 bits per heavy atom. The molecule has 2 aromatic rings. The Kier molecular flexibility index (Phi) is 6.64. The van der Waals surface area contributed by atoms with Gasteiger partial charge in [-0.1, -0.05) is 30.3 Å². The first kappa shape index (κ1) is 20.2. The molecule has 1 amide bonds. The molecule has 0 bridgehead atoms. The van der Waals surface area contributed by atoms with E-state index in [4.69, 9.17) is 5.11 Å². The number of carboxylic acid groups (broad SMARTS) is 1. The molecular formula is C23H23N3O3. The average molecular weight is 389 g/mol. The number of hydrogen-bond donors (Lipinski definition) is 2. The SMILES string of the molecule is N#C/C(=C/N1CCC(Cc2ccccc2)CC1)C(=O)Nc1ccc(C(=O)O)cc1. The van der Waals surface area contributed by atoms with Gasteiger partial charge in [0.05, 0.1) is 5.56 Å². The molecule has 0 aromatic heterocycles. The number of likely N-dealkylation sites (tertiary alicyclic amines) is 1. The van der Waals surface area contributed by atoms with E-state index in [0.29, 0.717) is 11.6 Å². The number of nitriles is 1. The van der Waals surface area contributed by atoms with Crippen LogP contribution >= 0.6 is 0 Å². The van der Waals surface area contributed by atoms with E-state index in [1.807, 2.05) is 17.0 Å². The highest BCUT2D eigenvalue weighted by Gasteiger charge is 2.19. The number of rotatable bonds is 6. The molecule has 1 saturated heterocycles. The first-order valence-corrected chi connectivity index (χ1v) is 9.60. The highest BCUT2D eigenvalue weighted by molar-refractivity contribution is 6.06. The summed E-state index contributed by atoms with van der Waals surface area (Å²) in [4.78, 5) is 25.3. The average Bonchev–Trinajstić information content (AvgIpc) is 2.74. The zero-order valence-corrected chi connectivity index (χ0v) is 16.0. The van der Waals surface area contributed by atoms with Gasteiger partial charge in [0.15, 0.2) is 0 Å². The van der Waals surface area contributed by atoms with Crippen molar-refractivity contribution in [2.75, 3.05) is 18.4 Å². The third-order valence-electron chi connectivity index (χ3n) is 5.08. The highest BCUT2D eigenvalue weighted by Crippen LogP contribution is 2.22. The van der Waals surface area contributed by atoms with Crippen LogP contribution in [0.15, 0.2) is 66.4 Å². The molecule has 3 rings (SSSR count). The van der Waals surface area contributed by atoms with Gasteiger partial charge in [-0.05, 0) is 55.0 Å². The molecule has 0 spiro atoms. The molecule has 2 aromatic carbocycles. The van der Waals surface area contributed by atoms with Crippen LogP contribution in [0, 0.1) is 17.2 Å². The molecule has 0 radical (unpaired) electrons. The van der Waals surface area contributed by atoms with E-state index in [9.17, 15) is 14.9 Å². The summed E-state index contributed by atoms with van der Waals surface area (Å²) in [6.45, 7) is 1.62.